The highest BCUT2D eigenvalue weighted by molar-refractivity contribution is 14.1. The van der Waals surface area contributed by atoms with E-state index in [0.717, 1.165) is 14.8 Å². The second-order valence-electron chi connectivity index (χ2n) is 5.61. The van der Waals surface area contributed by atoms with Gasteiger partial charge in [-0.25, -0.2) is 4.39 Å². The summed E-state index contributed by atoms with van der Waals surface area (Å²) in [7, 11) is 0. The monoisotopic (exact) mass is 400 g/mol. The molecule has 1 aromatic heterocycles. The lowest BCUT2D eigenvalue weighted by molar-refractivity contribution is 0.176. The molecule has 3 rings (SSSR count). The van der Waals surface area contributed by atoms with Crippen LogP contribution in [-0.2, 0) is 6.42 Å². The largest absolute Gasteiger partial charge is 0.388 e. The van der Waals surface area contributed by atoms with Gasteiger partial charge in [0.1, 0.15) is 5.82 Å². The van der Waals surface area contributed by atoms with E-state index in [4.69, 9.17) is 0 Å². The molecule has 0 radical (unpaired) electrons. The van der Waals surface area contributed by atoms with Crippen LogP contribution in [-0.4, -0.2) is 14.9 Å². The van der Waals surface area contributed by atoms with Crippen molar-refractivity contribution >= 4 is 22.6 Å². The van der Waals surface area contributed by atoms with Crippen LogP contribution < -0.4 is 0 Å². The van der Waals surface area contributed by atoms with Gasteiger partial charge in [0.25, 0.3) is 0 Å². The first-order valence-electron chi connectivity index (χ1n) is 7.30. The number of aliphatic hydroxyl groups excluding tert-OH is 1. The Kier molecular flexibility index (Phi) is 4.59. The predicted octanol–water partition coefficient (Wildman–Crippen LogP) is 4.02. The van der Waals surface area contributed by atoms with Gasteiger partial charge < -0.3 is 5.11 Å². The minimum Gasteiger partial charge on any atom is -0.388 e. The molecule has 5 heteroatoms. The van der Waals surface area contributed by atoms with Crippen LogP contribution in [0.1, 0.15) is 49.1 Å². The first kappa shape index (κ1) is 15.0. The molecule has 3 nitrogen and oxygen atoms in total. The molecule has 1 aliphatic carbocycles. The Balaban J connectivity index is 1.70. The van der Waals surface area contributed by atoms with Crippen LogP contribution in [0.4, 0.5) is 4.39 Å². The van der Waals surface area contributed by atoms with Gasteiger partial charge in [-0.1, -0.05) is 18.9 Å². The Bertz CT molecular complexity index is 622. The lowest BCUT2D eigenvalue weighted by Gasteiger charge is -2.12. The van der Waals surface area contributed by atoms with Crippen LogP contribution in [0, 0.1) is 9.39 Å². The summed E-state index contributed by atoms with van der Waals surface area (Å²) in [6.07, 6.45) is 6.75. The molecule has 112 valence electrons. The predicted molar refractivity (Wildman–Crippen MR) is 87.5 cm³/mol. The molecule has 1 heterocycles. The summed E-state index contributed by atoms with van der Waals surface area (Å²) in [4.78, 5) is 0. The number of halogens is 2. The van der Waals surface area contributed by atoms with Crippen molar-refractivity contribution in [2.24, 2.45) is 0 Å². The Hall–Kier alpha value is -0.950. The second kappa shape index (κ2) is 6.44. The van der Waals surface area contributed by atoms with Gasteiger partial charge in [0.15, 0.2) is 0 Å². The molecular weight excluding hydrogens is 382 g/mol. The van der Waals surface area contributed by atoms with Crippen LogP contribution in [0.15, 0.2) is 30.5 Å². The van der Waals surface area contributed by atoms with E-state index >= 15 is 0 Å². The minimum absolute atomic E-state index is 0.277. The summed E-state index contributed by atoms with van der Waals surface area (Å²) in [5, 5.41) is 14.9. The molecule has 1 aliphatic rings. The average molecular weight is 400 g/mol. The normalized spacial score (nSPS) is 17.3. The van der Waals surface area contributed by atoms with Gasteiger partial charge in [-0.05, 0) is 59.2 Å². The van der Waals surface area contributed by atoms with Crippen molar-refractivity contribution in [3.63, 3.8) is 0 Å². The molecule has 1 fully saturated rings. The highest BCUT2D eigenvalue weighted by Gasteiger charge is 2.19. The molecule has 0 aliphatic heterocycles. The molecule has 1 unspecified atom stereocenters. The van der Waals surface area contributed by atoms with Crippen molar-refractivity contribution in [1.29, 1.82) is 0 Å². The van der Waals surface area contributed by atoms with Gasteiger partial charge in [-0.2, -0.15) is 5.10 Å². The van der Waals surface area contributed by atoms with Gasteiger partial charge in [-0.15, -0.1) is 0 Å². The fourth-order valence-electron chi connectivity index (χ4n) is 2.94. The zero-order valence-corrected chi connectivity index (χ0v) is 13.8. The standard InChI is InChI=1S/C16H18FIN2O/c17-11-5-6-14(15(18)9-11)16(21)10-12-7-8-20(19-12)13-3-1-2-4-13/h5-9,13,16,21H,1-4,10H2. The van der Waals surface area contributed by atoms with Crippen LogP contribution in [0.25, 0.3) is 0 Å². The molecule has 1 atom stereocenters. The van der Waals surface area contributed by atoms with Crippen molar-refractivity contribution < 1.29 is 9.50 Å². The highest BCUT2D eigenvalue weighted by atomic mass is 127. The van der Waals surface area contributed by atoms with E-state index in [2.05, 4.69) is 27.7 Å². The van der Waals surface area contributed by atoms with E-state index in [1.54, 1.807) is 6.07 Å². The topological polar surface area (TPSA) is 38.0 Å². The summed E-state index contributed by atoms with van der Waals surface area (Å²) in [6, 6.07) is 6.96. The first-order chi connectivity index (χ1) is 10.1. The van der Waals surface area contributed by atoms with E-state index in [1.807, 2.05) is 16.9 Å². The summed E-state index contributed by atoms with van der Waals surface area (Å²) in [5.41, 5.74) is 1.64. The first-order valence-corrected chi connectivity index (χ1v) is 8.38. The molecule has 0 bridgehead atoms. The van der Waals surface area contributed by atoms with Crippen LogP contribution >= 0.6 is 22.6 Å². The van der Waals surface area contributed by atoms with Gasteiger partial charge in [0, 0.05) is 16.2 Å². The Labute approximate surface area is 137 Å². The third-order valence-corrected chi connectivity index (χ3v) is 5.02. The third kappa shape index (κ3) is 3.45. The van der Waals surface area contributed by atoms with Crippen LogP contribution in [0.2, 0.25) is 0 Å². The number of hydrogen-bond acceptors (Lipinski definition) is 2. The number of hydrogen-bond donors (Lipinski definition) is 1. The lowest BCUT2D eigenvalue weighted by Crippen LogP contribution is -2.08. The molecule has 0 spiro atoms. The highest BCUT2D eigenvalue weighted by Crippen LogP contribution is 2.29. The number of aliphatic hydroxyl groups is 1. The van der Waals surface area contributed by atoms with Gasteiger partial charge in [0.2, 0.25) is 0 Å². The van der Waals surface area contributed by atoms with Gasteiger partial charge in [-0.3, -0.25) is 4.68 Å². The van der Waals surface area contributed by atoms with Crippen molar-refractivity contribution in [2.75, 3.05) is 0 Å². The van der Waals surface area contributed by atoms with Crippen LogP contribution in [0.5, 0.6) is 0 Å². The maximum atomic E-state index is 13.1. The van der Waals surface area contributed by atoms with E-state index in [0.29, 0.717) is 12.5 Å². The van der Waals surface area contributed by atoms with Crippen molar-refractivity contribution in [1.82, 2.24) is 9.78 Å². The average Bonchev–Trinajstić information content (AvgIpc) is 3.08. The number of rotatable bonds is 4. The quantitative estimate of drug-likeness (QED) is 0.788. The van der Waals surface area contributed by atoms with Gasteiger partial charge in [0.05, 0.1) is 17.8 Å². The fourth-order valence-corrected chi connectivity index (χ4v) is 3.77. The Morgan fingerprint density at radius 1 is 1.33 bits per heavy atom. The Morgan fingerprint density at radius 3 is 2.81 bits per heavy atom. The maximum Gasteiger partial charge on any atom is 0.124 e. The van der Waals surface area contributed by atoms with E-state index in [9.17, 15) is 9.50 Å². The molecule has 1 saturated carbocycles. The van der Waals surface area contributed by atoms with Crippen molar-refractivity contribution in [3.8, 4) is 0 Å². The molecule has 1 N–H and O–H groups in total. The fraction of sp³-hybridized carbons (Fsp3) is 0.438. The van der Waals surface area contributed by atoms with Gasteiger partial charge >= 0.3 is 0 Å². The maximum absolute atomic E-state index is 13.1. The van der Waals surface area contributed by atoms with Crippen molar-refractivity contribution in [3.05, 3.63) is 51.1 Å². The molecule has 2 aromatic rings. The number of aromatic nitrogens is 2. The lowest BCUT2D eigenvalue weighted by atomic mass is 10.1. The number of benzene rings is 1. The SMILES string of the molecule is OC(Cc1ccn(C2CCCC2)n1)c1ccc(F)cc1I. The molecule has 0 amide bonds. The van der Waals surface area contributed by atoms with E-state index in [-0.39, 0.29) is 5.82 Å². The molecular formula is C16H18FIN2O. The number of nitrogens with zero attached hydrogens (tertiary/aromatic N) is 2. The van der Waals surface area contributed by atoms with E-state index < -0.39 is 6.10 Å². The zero-order valence-electron chi connectivity index (χ0n) is 11.7. The molecule has 1 aromatic carbocycles. The third-order valence-electron chi connectivity index (χ3n) is 4.09. The minimum atomic E-state index is -0.649. The molecule has 0 saturated heterocycles. The zero-order chi connectivity index (χ0) is 14.8. The van der Waals surface area contributed by atoms with Crippen molar-refractivity contribution in [2.45, 2.75) is 44.2 Å². The van der Waals surface area contributed by atoms with E-state index in [1.165, 1.54) is 37.8 Å². The summed E-state index contributed by atoms with van der Waals surface area (Å²) >= 11 is 2.05. The summed E-state index contributed by atoms with van der Waals surface area (Å²) in [6.45, 7) is 0. The summed E-state index contributed by atoms with van der Waals surface area (Å²) < 4.78 is 15.9. The summed E-state index contributed by atoms with van der Waals surface area (Å²) in [5.74, 6) is -0.277. The molecule has 21 heavy (non-hydrogen) atoms. The second-order valence-corrected chi connectivity index (χ2v) is 6.77. The Morgan fingerprint density at radius 2 is 2.10 bits per heavy atom. The van der Waals surface area contributed by atoms with Crippen LogP contribution in [0.3, 0.4) is 0 Å². The smallest absolute Gasteiger partial charge is 0.124 e.